The predicted octanol–water partition coefficient (Wildman–Crippen LogP) is 5.67. The molecule has 0 saturated carbocycles. The van der Waals surface area contributed by atoms with Crippen LogP contribution in [-0.4, -0.2) is 19.4 Å². The molecule has 5 nitrogen and oxygen atoms in total. The fourth-order valence-electron chi connectivity index (χ4n) is 3.41. The number of thioether (sulfide) groups is 1. The van der Waals surface area contributed by atoms with Gasteiger partial charge in [-0.05, 0) is 36.8 Å². The van der Waals surface area contributed by atoms with E-state index < -0.39 is 0 Å². The number of halogens is 1. The average molecular weight is 489 g/mol. The lowest BCUT2D eigenvalue weighted by molar-refractivity contribution is 0.999. The van der Waals surface area contributed by atoms with Crippen molar-refractivity contribution in [1.29, 1.82) is 0 Å². The highest BCUT2D eigenvalue weighted by Crippen LogP contribution is 2.30. The highest BCUT2D eigenvalue weighted by atomic mass is 79.9. The molecule has 0 bridgehead atoms. The summed E-state index contributed by atoms with van der Waals surface area (Å²) < 4.78 is 2.59. The third-order valence-corrected chi connectivity index (χ3v) is 6.52. The van der Waals surface area contributed by atoms with Crippen LogP contribution in [0.25, 0.3) is 27.9 Å². The summed E-state index contributed by atoms with van der Waals surface area (Å²) in [7, 11) is 0. The zero-order chi connectivity index (χ0) is 21.4. The average Bonchev–Trinajstić information content (AvgIpc) is 2.78. The third kappa shape index (κ3) is 3.98. The number of pyridine rings is 1. The van der Waals surface area contributed by atoms with Crippen LogP contribution in [0.4, 0.5) is 0 Å². The van der Waals surface area contributed by atoms with Crippen LogP contribution in [0.2, 0.25) is 0 Å². The molecule has 0 saturated heterocycles. The van der Waals surface area contributed by atoms with Gasteiger partial charge in [0.1, 0.15) is 10.7 Å². The van der Waals surface area contributed by atoms with Crippen molar-refractivity contribution in [3.8, 4) is 11.4 Å². The lowest BCUT2D eigenvalue weighted by Gasteiger charge is -2.09. The van der Waals surface area contributed by atoms with Gasteiger partial charge in [-0.1, -0.05) is 64.1 Å². The number of aromatic nitrogens is 4. The molecule has 0 atom stereocenters. The first-order valence-corrected chi connectivity index (χ1v) is 11.5. The number of nitrogens with zero attached hydrogens (tertiary/aromatic N) is 4. The Hall–Kier alpha value is -3.03. The molecule has 3 aromatic heterocycles. The van der Waals surface area contributed by atoms with Crippen LogP contribution in [0.5, 0.6) is 0 Å². The van der Waals surface area contributed by atoms with Crippen LogP contribution in [0.15, 0.2) is 87.2 Å². The standard InChI is InChI=1S/C24H17BrN4OS/c1-15-5-4-12-29-21(30)13-18(26-23(15)29)14-31-24-19-6-2-3-7-20(19)27-22(28-24)16-8-10-17(25)11-9-16/h2-13H,14H2,1H3. The van der Waals surface area contributed by atoms with Crippen molar-refractivity contribution in [2.45, 2.75) is 17.7 Å². The number of para-hydroxylation sites is 1. The number of rotatable bonds is 4. The Morgan fingerprint density at radius 3 is 2.61 bits per heavy atom. The predicted molar refractivity (Wildman–Crippen MR) is 128 cm³/mol. The van der Waals surface area contributed by atoms with E-state index >= 15 is 0 Å². The van der Waals surface area contributed by atoms with Crippen LogP contribution < -0.4 is 5.56 Å². The van der Waals surface area contributed by atoms with Crippen molar-refractivity contribution in [3.05, 3.63) is 99.0 Å². The van der Waals surface area contributed by atoms with Gasteiger partial charge in [0, 0.05) is 33.4 Å². The normalized spacial score (nSPS) is 11.3. The van der Waals surface area contributed by atoms with E-state index in [1.54, 1.807) is 28.4 Å². The minimum absolute atomic E-state index is 0.0765. The van der Waals surface area contributed by atoms with Crippen molar-refractivity contribution in [2.24, 2.45) is 0 Å². The van der Waals surface area contributed by atoms with Gasteiger partial charge < -0.3 is 0 Å². The molecular formula is C24H17BrN4OS. The molecule has 0 aliphatic rings. The quantitative estimate of drug-likeness (QED) is 0.241. The van der Waals surface area contributed by atoms with Crippen LogP contribution in [-0.2, 0) is 5.75 Å². The second-order valence-electron chi connectivity index (χ2n) is 7.14. The van der Waals surface area contributed by atoms with Crippen LogP contribution in [0.1, 0.15) is 11.3 Å². The Morgan fingerprint density at radius 2 is 1.77 bits per heavy atom. The fourth-order valence-corrected chi connectivity index (χ4v) is 4.59. The topological polar surface area (TPSA) is 60.2 Å². The Morgan fingerprint density at radius 1 is 0.968 bits per heavy atom. The zero-order valence-electron chi connectivity index (χ0n) is 16.6. The van der Waals surface area contributed by atoms with Crippen molar-refractivity contribution in [3.63, 3.8) is 0 Å². The number of fused-ring (bicyclic) bond motifs is 2. The SMILES string of the molecule is Cc1cccn2c(=O)cc(CSc3nc(-c4ccc(Br)cc4)nc4ccccc34)nc12. The summed E-state index contributed by atoms with van der Waals surface area (Å²) >= 11 is 5.04. The van der Waals surface area contributed by atoms with Crippen molar-refractivity contribution in [1.82, 2.24) is 19.4 Å². The van der Waals surface area contributed by atoms with E-state index in [2.05, 4.69) is 15.9 Å². The molecule has 0 aliphatic heterocycles. The summed E-state index contributed by atoms with van der Waals surface area (Å²) in [4.78, 5) is 26.8. The van der Waals surface area contributed by atoms with Gasteiger partial charge in [-0.3, -0.25) is 9.20 Å². The second kappa shape index (κ2) is 8.24. The van der Waals surface area contributed by atoms with E-state index in [9.17, 15) is 4.79 Å². The molecule has 0 spiro atoms. The largest absolute Gasteiger partial charge is 0.269 e. The number of benzene rings is 2. The van der Waals surface area contributed by atoms with Gasteiger partial charge in [0.2, 0.25) is 0 Å². The van der Waals surface area contributed by atoms with Crippen molar-refractivity contribution in [2.75, 3.05) is 0 Å². The molecule has 7 heteroatoms. The van der Waals surface area contributed by atoms with Gasteiger partial charge >= 0.3 is 0 Å². The molecule has 152 valence electrons. The van der Waals surface area contributed by atoms with Gasteiger partial charge in [-0.25, -0.2) is 15.0 Å². The molecule has 0 N–H and O–H groups in total. The van der Waals surface area contributed by atoms with E-state index in [0.717, 1.165) is 37.2 Å². The van der Waals surface area contributed by atoms with Gasteiger partial charge in [0.05, 0.1) is 11.2 Å². The molecule has 5 aromatic rings. The molecule has 0 aliphatic carbocycles. The van der Waals surface area contributed by atoms with E-state index in [-0.39, 0.29) is 5.56 Å². The molecule has 3 heterocycles. The van der Waals surface area contributed by atoms with Crippen molar-refractivity contribution < 1.29 is 0 Å². The number of aryl methyl sites for hydroxylation is 1. The van der Waals surface area contributed by atoms with E-state index in [0.29, 0.717) is 17.2 Å². The van der Waals surface area contributed by atoms with Crippen LogP contribution >= 0.6 is 27.7 Å². The first kappa shape index (κ1) is 19.9. The molecule has 2 aromatic carbocycles. The summed E-state index contributed by atoms with van der Waals surface area (Å²) in [5.41, 5.74) is 4.16. The van der Waals surface area contributed by atoms with E-state index in [1.165, 1.54) is 0 Å². The summed E-state index contributed by atoms with van der Waals surface area (Å²) in [5.74, 6) is 1.22. The number of hydrogen-bond acceptors (Lipinski definition) is 5. The van der Waals surface area contributed by atoms with Crippen LogP contribution in [0, 0.1) is 6.92 Å². The Bertz CT molecular complexity index is 1480. The second-order valence-corrected chi connectivity index (χ2v) is 9.02. The maximum absolute atomic E-state index is 12.5. The van der Waals surface area contributed by atoms with Gasteiger partial charge in [0.25, 0.3) is 5.56 Å². The Balaban J connectivity index is 1.54. The molecule has 0 fully saturated rings. The third-order valence-electron chi connectivity index (χ3n) is 4.97. The molecular weight excluding hydrogens is 472 g/mol. The first-order chi connectivity index (χ1) is 15.1. The Labute approximate surface area is 191 Å². The molecule has 0 amide bonds. The van der Waals surface area contributed by atoms with E-state index in [1.807, 2.05) is 67.6 Å². The zero-order valence-corrected chi connectivity index (χ0v) is 19.0. The summed E-state index contributed by atoms with van der Waals surface area (Å²) in [5, 5.41) is 1.86. The minimum atomic E-state index is -0.0765. The monoisotopic (exact) mass is 488 g/mol. The minimum Gasteiger partial charge on any atom is -0.269 e. The maximum Gasteiger partial charge on any atom is 0.258 e. The fraction of sp³-hybridized carbons (Fsp3) is 0.0833. The lowest BCUT2D eigenvalue weighted by atomic mass is 10.2. The molecule has 0 radical (unpaired) electrons. The summed E-state index contributed by atoms with van der Waals surface area (Å²) in [6.07, 6.45) is 1.75. The van der Waals surface area contributed by atoms with E-state index in [4.69, 9.17) is 15.0 Å². The maximum atomic E-state index is 12.5. The first-order valence-electron chi connectivity index (χ1n) is 9.72. The molecule has 31 heavy (non-hydrogen) atoms. The molecule has 5 rings (SSSR count). The highest BCUT2D eigenvalue weighted by molar-refractivity contribution is 9.10. The summed E-state index contributed by atoms with van der Waals surface area (Å²) in [6, 6.07) is 21.3. The van der Waals surface area contributed by atoms with Gasteiger partial charge in [-0.15, -0.1) is 0 Å². The van der Waals surface area contributed by atoms with Gasteiger partial charge in [0.15, 0.2) is 5.82 Å². The van der Waals surface area contributed by atoms with Crippen molar-refractivity contribution >= 4 is 44.2 Å². The smallest absolute Gasteiger partial charge is 0.258 e. The van der Waals surface area contributed by atoms with Gasteiger partial charge in [-0.2, -0.15) is 0 Å². The lowest BCUT2D eigenvalue weighted by Crippen LogP contribution is -2.15. The van der Waals surface area contributed by atoms with Crippen LogP contribution in [0.3, 0.4) is 0 Å². The number of hydrogen-bond donors (Lipinski definition) is 0. The summed E-state index contributed by atoms with van der Waals surface area (Å²) in [6.45, 7) is 1.96. The highest BCUT2D eigenvalue weighted by Gasteiger charge is 2.12. The molecule has 0 unspecified atom stereocenters. The Kier molecular flexibility index (Phi) is 5.29.